The van der Waals surface area contributed by atoms with Crippen molar-refractivity contribution in [3.8, 4) is 57.1 Å². The van der Waals surface area contributed by atoms with Crippen LogP contribution in [-0.2, 0) is 71.3 Å². The van der Waals surface area contributed by atoms with E-state index in [1.165, 1.54) is 19.2 Å². The molecule has 0 radical (unpaired) electrons. The van der Waals surface area contributed by atoms with Crippen molar-refractivity contribution in [2.45, 2.75) is 175 Å². The third-order valence-electron chi connectivity index (χ3n) is 19.8. The summed E-state index contributed by atoms with van der Waals surface area (Å²) in [6.45, 7) is 5.04. The molecule has 5 aromatic rings. The van der Waals surface area contributed by atoms with E-state index < -0.39 is 305 Å². The van der Waals surface area contributed by atoms with E-state index in [2.05, 4.69) is 31.9 Å². The number of carbonyl (C=O) groups is 10. The largest absolute Gasteiger partial charge is 0.508 e. The van der Waals surface area contributed by atoms with Gasteiger partial charge in [0.05, 0.1) is 35.3 Å². The molecule has 5 aromatic carbocycles. The Balaban J connectivity index is 1.18. The van der Waals surface area contributed by atoms with Gasteiger partial charge in [0.15, 0.2) is 29.9 Å². The van der Waals surface area contributed by atoms with Gasteiger partial charge in [0.2, 0.25) is 70.7 Å². The number of aliphatic hydroxyl groups is 6. The van der Waals surface area contributed by atoms with Crippen LogP contribution in [0.5, 0.6) is 46.0 Å². The lowest BCUT2D eigenvalue weighted by Crippen LogP contribution is -2.64. The van der Waals surface area contributed by atoms with Crippen LogP contribution < -0.4 is 62.9 Å². The Morgan fingerprint density at radius 2 is 1.28 bits per heavy atom. The molecule has 7 heterocycles. The van der Waals surface area contributed by atoms with E-state index in [0.717, 1.165) is 90.8 Å². The third-order valence-corrected chi connectivity index (χ3v) is 23.7. The van der Waals surface area contributed by atoms with Gasteiger partial charge < -0.3 is 153 Å². The first kappa shape index (κ1) is 89.4. The maximum atomic E-state index is 16.2. The number of aliphatic carboxylic acids is 1. The van der Waals surface area contributed by atoms with E-state index in [4.69, 9.17) is 63.1 Å². The highest BCUT2D eigenvalue weighted by atomic mass is 35.5. The number of phenolic OH excluding ortho intramolecular Hbond substituents is 3. The Labute approximate surface area is 672 Å². The molecule has 42 nitrogen and oxygen atoms in total. The van der Waals surface area contributed by atoms with Crippen molar-refractivity contribution in [1.29, 1.82) is 0 Å². The van der Waals surface area contributed by atoms with Crippen molar-refractivity contribution in [1.82, 2.24) is 42.1 Å². The van der Waals surface area contributed by atoms with E-state index in [9.17, 15) is 109 Å². The van der Waals surface area contributed by atoms with Crippen LogP contribution >= 0.6 is 38.4 Å². The molecule has 0 saturated carbocycles. The quantitative estimate of drug-likeness (QED) is 0.0436. The number of aromatic hydroxyl groups is 3. The van der Waals surface area contributed by atoms with Crippen LogP contribution in [0.25, 0.3) is 11.1 Å². The van der Waals surface area contributed by atoms with Gasteiger partial charge in [-0.3, -0.25) is 52.3 Å². The molecule has 2 saturated heterocycles. The Hall–Kier alpha value is -9.92. The van der Waals surface area contributed by atoms with Gasteiger partial charge in [0.1, 0.15) is 95.5 Å². The molecule has 12 rings (SSSR count). The number of hydrogen-bond donors (Lipinski definition) is 23. The lowest BCUT2D eigenvalue weighted by molar-refractivity contribution is -0.333. The molecule has 46 heteroatoms. The normalized spacial score (nSPS) is 27.3. The number of rotatable bonds is 19. The van der Waals surface area contributed by atoms with Crippen molar-refractivity contribution in [2.75, 3.05) is 13.7 Å². The van der Waals surface area contributed by atoms with Crippen LogP contribution in [0.4, 0.5) is 0 Å². The number of carboxylic acid groups (broad SMARTS) is 1. The standard InChI is InChI=1S/C71H84Cl2N10O32P2/c1-25(2)14-37(83(5)47(90)13-12-46(89)77-70(116(104,105)106)117(107,108)109)63(97)81-53-55(91)28-7-10-40(34(72)16-28)111-42-18-30-19-43(59(42)115-69-60(58(94)57(93)44(24-84)113-69)114-48-23-71(4,75)61(95)26(3)110-48)112-41-11-8-29(17-35(41)73)56(92)54-67(101)80-52(68(102)103)33-20-31(85)21-39(87)49(33)32-15-27(6-9-38(32)86)50(64(98)82-54)79-65(99)51(30)78-62(96)36(22-45(74)88)76-66(53)100/h6-11,15-21,25-26,36-37,44,48,50-58,60-61,69-70,84-87,91-95H,12-14,22-24,75H2,1-5H3,(H2,74,88)(H,76,100)(H,77,89)(H,78,96)(H,79,99)(H,80,101)(H,81,97)(H,82,98)(H,102,103)(H2,104,105,106)(H2,107,108,109)/t26-,36-,37+,44+,48-,50+,51+,52-,53+,54-,55+,56+,57+,58-,60+,61+,69-,71-/m0/s1. The van der Waals surface area contributed by atoms with Crippen LogP contribution in [0, 0.1) is 5.92 Å². The number of likely N-dealkylation sites (N-methyl/N-ethyl adjacent to an activating group) is 1. The lowest BCUT2D eigenvalue weighted by Gasteiger charge is -2.47. The molecule has 634 valence electrons. The lowest BCUT2D eigenvalue weighted by atomic mass is 9.86. The van der Waals surface area contributed by atoms with Crippen LogP contribution in [-0.4, -0.2) is 233 Å². The number of fused-ring (bicyclic) bond motifs is 15. The SMILES string of the molecule is CC(C)C[C@H](C(=O)N[C@H]1C(=O)N[C@@H](CC(N)=O)C(=O)N[C@H]2C(=O)N[C@H]3C(=O)N[C@H](C(=O)N[C@H](C(=O)O)c4cc(O)cc(O)c4-c4cc3ccc4O)[C@H](O)c3ccc(c(Cl)c3)Oc3cc2cc(c3O[C@@H]2O[C@H](CO)[C@@H](O)[C@H](O)[C@H]2O[C@H]2C[C@](C)(N)[C@H](O)[C@H](C)O2)Oc2ccc(cc2Cl)[C@H]1O)N(C)C(=O)CCC(=O)NC(P(=O)(O)O)P(=O)(O)O. The van der Waals surface area contributed by atoms with Gasteiger partial charge in [-0.15, -0.1) is 0 Å². The van der Waals surface area contributed by atoms with Crippen molar-refractivity contribution >= 4 is 97.5 Å². The Morgan fingerprint density at radius 1 is 0.701 bits per heavy atom. The zero-order valence-corrected chi connectivity index (χ0v) is 65.4. The van der Waals surface area contributed by atoms with Gasteiger partial charge in [0, 0.05) is 54.6 Å². The Bertz CT molecular complexity index is 4820. The summed E-state index contributed by atoms with van der Waals surface area (Å²) in [5.41, 5.74) is 4.33. The molecule has 7 aliphatic heterocycles. The number of hydrogen-bond acceptors (Lipinski definition) is 28. The molecule has 9 amide bonds. The van der Waals surface area contributed by atoms with Crippen LogP contribution in [0.3, 0.4) is 0 Å². The summed E-state index contributed by atoms with van der Waals surface area (Å²) in [5.74, 6) is -20.9. The van der Waals surface area contributed by atoms with E-state index in [1.807, 2.05) is 0 Å². The van der Waals surface area contributed by atoms with E-state index in [0.29, 0.717) is 0 Å². The maximum Gasteiger partial charge on any atom is 0.360 e. The first-order chi connectivity index (χ1) is 54.6. The van der Waals surface area contributed by atoms with Gasteiger partial charge in [-0.25, -0.2) is 4.79 Å². The molecular formula is C71H84Cl2N10O32P2. The fourth-order valence-corrected chi connectivity index (χ4v) is 16.3. The second kappa shape index (κ2) is 35.7. The molecule has 0 aromatic heterocycles. The van der Waals surface area contributed by atoms with Crippen LogP contribution in [0.15, 0.2) is 78.9 Å². The summed E-state index contributed by atoms with van der Waals surface area (Å²) in [5, 5.41) is 129. The molecular weight excluding hydrogens is 1640 g/mol. The van der Waals surface area contributed by atoms with Gasteiger partial charge in [-0.1, -0.05) is 55.2 Å². The van der Waals surface area contributed by atoms with Crippen molar-refractivity contribution < 1.29 is 156 Å². The summed E-state index contributed by atoms with van der Waals surface area (Å²) in [6, 6.07) is -3.34. The van der Waals surface area contributed by atoms with E-state index in [-0.39, 0.29) is 24.0 Å². The number of nitrogens with two attached hydrogens (primary N) is 2. The number of nitrogens with one attached hydrogen (secondary N) is 7. The number of aliphatic hydroxyl groups excluding tert-OH is 6. The number of ether oxygens (including phenoxy) is 6. The average Bonchev–Trinajstić information content (AvgIpc) is 0.765. The third kappa shape index (κ3) is 20.1. The number of benzene rings is 5. The first-order valence-corrected chi connectivity index (χ1v) is 39.7. The van der Waals surface area contributed by atoms with Gasteiger partial charge in [-0.05, 0) is 103 Å². The average molecular weight is 1720 g/mol. The zero-order chi connectivity index (χ0) is 86.3. The van der Waals surface area contributed by atoms with Crippen LogP contribution in [0.2, 0.25) is 10.0 Å². The van der Waals surface area contributed by atoms with Crippen molar-refractivity contribution in [3.63, 3.8) is 0 Å². The summed E-state index contributed by atoms with van der Waals surface area (Å²) < 4.78 is 62.1. The number of carboxylic acids is 1. The number of carbonyl (C=O) groups excluding carboxylic acids is 9. The number of primary amides is 1. The minimum atomic E-state index is -5.72. The monoisotopic (exact) mass is 1720 g/mol. The second-order valence-corrected chi connectivity index (χ2v) is 33.6. The van der Waals surface area contributed by atoms with Crippen molar-refractivity contribution in [2.24, 2.45) is 17.4 Å². The molecule has 0 unspecified atom stereocenters. The van der Waals surface area contributed by atoms with Gasteiger partial charge >= 0.3 is 21.2 Å². The smallest absolute Gasteiger partial charge is 0.360 e. The zero-order valence-electron chi connectivity index (χ0n) is 62.1. The number of amides is 9. The Kier molecular flexibility index (Phi) is 27.3. The topological polar surface area (TPSA) is 683 Å². The van der Waals surface area contributed by atoms with E-state index >= 15 is 19.2 Å². The summed E-state index contributed by atoms with van der Waals surface area (Å²) in [4.78, 5) is 185. The fraction of sp³-hybridized carbons (Fsp3) is 0.437. The summed E-state index contributed by atoms with van der Waals surface area (Å²) >= 11 is 14.2. The highest BCUT2D eigenvalue weighted by Crippen LogP contribution is 2.58. The van der Waals surface area contributed by atoms with E-state index in [1.54, 1.807) is 13.8 Å². The molecule has 0 spiro atoms. The minimum absolute atomic E-state index is 0.294. The number of phenols is 3. The molecule has 2 fully saturated rings. The maximum absolute atomic E-state index is 16.2. The fourth-order valence-electron chi connectivity index (χ4n) is 13.7. The van der Waals surface area contributed by atoms with Gasteiger partial charge in [-0.2, -0.15) is 0 Å². The molecule has 25 N–H and O–H groups in total. The first-order valence-electron chi connectivity index (χ1n) is 35.6. The molecule has 0 aliphatic carbocycles. The van der Waals surface area contributed by atoms with Gasteiger partial charge in [0.25, 0.3) is 0 Å². The summed E-state index contributed by atoms with van der Waals surface area (Å²) in [7, 11) is -10.4. The predicted molar refractivity (Wildman–Crippen MR) is 398 cm³/mol. The van der Waals surface area contributed by atoms with Crippen LogP contribution in [0.1, 0.15) is 118 Å². The molecule has 7 aliphatic rings. The highest BCUT2D eigenvalue weighted by molar-refractivity contribution is 7.70. The molecule has 117 heavy (non-hydrogen) atoms. The number of nitrogens with zero attached hydrogens (tertiary/aromatic N) is 1. The Morgan fingerprint density at radius 3 is 1.85 bits per heavy atom. The molecule has 11 bridgehead atoms. The summed E-state index contributed by atoms with van der Waals surface area (Å²) in [6.07, 6.45) is -22.1. The number of halogens is 2. The second-order valence-electron chi connectivity index (χ2n) is 29.0. The highest BCUT2D eigenvalue weighted by Gasteiger charge is 2.52. The molecule has 18 atom stereocenters. The minimum Gasteiger partial charge on any atom is -0.508 e. The predicted octanol–water partition coefficient (Wildman–Crippen LogP) is -1.12. The van der Waals surface area contributed by atoms with Crippen molar-refractivity contribution in [3.05, 3.63) is 117 Å².